The molecule has 0 aliphatic carbocycles. The van der Waals surface area contributed by atoms with E-state index in [2.05, 4.69) is 20.8 Å². The van der Waals surface area contributed by atoms with Crippen molar-refractivity contribution in [2.45, 2.75) is 117 Å². The van der Waals surface area contributed by atoms with Gasteiger partial charge in [-0.05, 0) is 25.7 Å². The van der Waals surface area contributed by atoms with Crippen molar-refractivity contribution >= 4 is 19.7 Å². The minimum atomic E-state index is -3.22. The van der Waals surface area contributed by atoms with Crippen molar-refractivity contribution in [3.05, 3.63) is 6.92 Å². The molecule has 0 aromatic rings. The van der Waals surface area contributed by atoms with E-state index in [-0.39, 0.29) is 23.0 Å². The lowest BCUT2D eigenvalue weighted by atomic mass is 10.1. The minimum absolute atomic E-state index is 0.111. The first kappa shape index (κ1) is 29.9. The summed E-state index contributed by atoms with van der Waals surface area (Å²) < 4.78 is 49.1. The zero-order valence-electron chi connectivity index (χ0n) is 19.9. The van der Waals surface area contributed by atoms with Gasteiger partial charge in [-0.1, -0.05) is 104 Å². The summed E-state index contributed by atoms with van der Waals surface area (Å²) in [6.45, 7) is 8.22. The predicted octanol–water partition coefficient (Wildman–Crippen LogP) is 6.55. The fourth-order valence-electron chi connectivity index (χ4n) is 3.84. The molecular weight excluding hydrogens is 416 g/mol. The number of hydrogen-bond acceptors (Lipinski definition) is 4. The monoisotopic (exact) mass is 465 g/mol. The first-order chi connectivity index (χ1) is 14.2. The number of rotatable bonds is 22. The summed E-state index contributed by atoms with van der Waals surface area (Å²) in [7, 11) is -6.44. The normalized spacial score (nSPS) is 12.7. The molecule has 0 fully saturated rings. The van der Waals surface area contributed by atoms with Gasteiger partial charge >= 0.3 is 0 Å². The van der Waals surface area contributed by atoms with Crippen LogP contribution in [0.4, 0.5) is 0 Å². The van der Waals surface area contributed by atoms with Gasteiger partial charge in [0.1, 0.15) is 0 Å². The molecule has 0 atom stereocenters. The number of unbranched alkanes of at least 4 members (excludes halogenated alkanes) is 14. The van der Waals surface area contributed by atoms with Crippen molar-refractivity contribution in [3.8, 4) is 0 Å². The van der Waals surface area contributed by atoms with E-state index in [0.29, 0.717) is 12.8 Å². The summed E-state index contributed by atoms with van der Waals surface area (Å²) in [5, 5.41) is 0. The Morgan fingerprint density at radius 2 is 0.767 bits per heavy atom. The van der Waals surface area contributed by atoms with E-state index in [4.69, 9.17) is 0 Å². The Balaban J connectivity index is 3.91. The summed E-state index contributed by atoms with van der Waals surface area (Å²) in [5.41, 5.74) is 0. The zero-order chi connectivity index (χ0) is 22.7. The third kappa shape index (κ3) is 19.8. The average molecular weight is 466 g/mol. The van der Waals surface area contributed by atoms with Crippen LogP contribution in [0.3, 0.4) is 0 Å². The van der Waals surface area contributed by atoms with Gasteiger partial charge < -0.3 is 0 Å². The molecule has 0 heterocycles. The topological polar surface area (TPSA) is 68.3 Å². The van der Waals surface area contributed by atoms with E-state index in [9.17, 15) is 16.8 Å². The molecule has 0 aromatic carbocycles. The molecule has 0 aliphatic rings. The van der Waals surface area contributed by atoms with Gasteiger partial charge in [0.05, 0.1) is 23.0 Å². The van der Waals surface area contributed by atoms with Gasteiger partial charge in [-0.15, -0.1) is 0 Å². The van der Waals surface area contributed by atoms with Crippen LogP contribution in [0.25, 0.3) is 0 Å². The van der Waals surface area contributed by atoms with E-state index in [1.807, 2.05) is 0 Å². The molecule has 0 saturated carbocycles. The lowest BCUT2D eigenvalue weighted by Crippen LogP contribution is -2.25. The maximum atomic E-state index is 12.3. The van der Waals surface area contributed by atoms with Crippen LogP contribution in [0.15, 0.2) is 0 Å². The first-order valence-corrected chi connectivity index (χ1v) is 16.1. The number of sulfone groups is 2. The Kier molecular flexibility index (Phi) is 18.4. The van der Waals surface area contributed by atoms with Crippen LogP contribution in [0, 0.1) is 12.8 Å². The van der Waals surface area contributed by atoms with E-state index >= 15 is 0 Å². The summed E-state index contributed by atoms with van der Waals surface area (Å²) in [5.74, 6) is -0.471. The molecule has 181 valence electrons. The second kappa shape index (κ2) is 18.5. The van der Waals surface area contributed by atoms with Gasteiger partial charge in [0.2, 0.25) is 0 Å². The Labute approximate surface area is 188 Å². The van der Waals surface area contributed by atoms with Gasteiger partial charge in [0, 0.05) is 0 Å². The molecule has 0 rings (SSSR count). The van der Waals surface area contributed by atoms with Gasteiger partial charge in [-0.3, -0.25) is 0 Å². The molecule has 30 heavy (non-hydrogen) atoms. The van der Waals surface area contributed by atoms with Crippen molar-refractivity contribution < 1.29 is 16.8 Å². The highest BCUT2D eigenvalue weighted by Crippen LogP contribution is 2.13. The van der Waals surface area contributed by atoms with Crippen LogP contribution in [0.1, 0.15) is 117 Å². The largest absolute Gasteiger partial charge is 0.229 e. The minimum Gasteiger partial charge on any atom is -0.229 e. The van der Waals surface area contributed by atoms with E-state index < -0.39 is 25.6 Å². The molecule has 1 radical (unpaired) electrons. The Morgan fingerprint density at radius 1 is 0.500 bits per heavy atom. The molecule has 0 unspecified atom stereocenters. The maximum Gasteiger partial charge on any atom is 0.150 e. The smallest absolute Gasteiger partial charge is 0.150 e. The van der Waals surface area contributed by atoms with Gasteiger partial charge in [-0.25, -0.2) is 16.8 Å². The molecule has 0 amide bonds. The van der Waals surface area contributed by atoms with E-state index in [0.717, 1.165) is 25.7 Å². The third-order valence-corrected chi connectivity index (χ3v) is 9.38. The lowest BCUT2D eigenvalue weighted by Gasteiger charge is -2.12. The van der Waals surface area contributed by atoms with Crippen molar-refractivity contribution in [2.24, 2.45) is 5.92 Å². The Hall–Kier alpha value is -0.100. The molecule has 0 saturated heterocycles. The Bertz CT molecular complexity index is 530. The Morgan fingerprint density at radius 3 is 1.07 bits per heavy atom. The summed E-state index contributed by atoms with van der Waals surface area (Å²) in [4.78, 5) is 0. The van der Waals surface area contributed by atoms with Crippen LogP contribution < -0.4 is 0 Å². The van der Waals surface area contributed by atoms with Crippen LogP contribution >= 0.6 is 0 Å². The molecule has 4 nitrogen and oxygen atoms in total. The van der Waals surface area contributed by atoms with Gasteiger partial charge in [-0.2, -0.15) is 0 Å². The predicted molar refractivity (Wildman–Crippen MR) is 131 cm³/mol. The third-order valence-electron chi connectivity index (χ3n) is 5.60. The number of hydrogen-bond donors (Lipinski definition) is 0. The SMILES string of the molecule is [CH2]C(CS(=O)(=O)CCCCCCCCCC)CS(=O)(=O)CCCCCCCCCC. The average Bonchev–Trinajstić information content (AvgIpc) is 2.65. The summed E-state index contributed by atoms with van der Waals surface area (Å²) >= 11 is 0. The molecular formula is C24H49O4S2. The van der Waals surface area contributed by atoms with Gasteiger partial charge in [0.15, 0.2) is 19.7 Å². The highest BCUT2D eigenvalue weighted by molar-refractivity contribution is 7.92. The second-order valence-electron chi connectivity index (χ2n) is 9.04. The first-order valence-electron chi connectivity index (χ1n) is 12.5. The van der Waals surface area contributed by atoms with Crippen LogP contribution in [0.2, 0.25) is 0 Å². The quantitative estimate of drug-likeness (QED) is 0.170. The van der Waals surface area contributed by atoms with Crippen molar-refractivity contribution in [2.75, 3.05) is 23.0 Å². The van der Waals surface area contributed by atoms with Crippen LogP contribution in [-0.4, -0.2) is 39.8 Å². The van der Waals surface area contributed by atoms with Crippen LogP contribution in [0.5, 0.6) is 0 Å². The van der Waals surface area contributed by atoms with Crippen molar-refractivity contribution in [3.63, 3.8) is 0 Å². The molecule has 0 spiro atoms. The van der Waals surface area contributed by atoms with Crippen molar-refractivity contribution in [1.82, 2.24) is 0 Å². The standard InChI is InChI=1S/C24H49O4S2/c1-4-6-8-10-12-14-16-18-20-29(25,26)22-24(3)23-30(27,28)21-19-17-15-13-11-9-7-5-2/h24H,3-23H2,1-2H3. The van der Waals surface area contributed by atoms with Crippen molar-refractivity contribution in [1.29, 1.82) is 0 Å². The molecule has 6 heteroatoms. The molecule has 0 N–H and O–H groups in total. The fourth-order valence-corrected chi connectivity index (χ4v) is 7.29. The van der Waals surface area contributed by atoms with Crippen LogP contribution in [-0.2, 0) is 19.7 Å². The summed E-state index contributed by atoms with van der Waals surface area (Å²) in [6, 6.07) is 0. The lowest BCUT2D eigenvalue weighted by molar-refractivity contribution is 0.563. The molecule has 0 aliphatic heterocycles. The van der Waals surface area contributed by atoms with Gasteiger partial charge in [0.25, 0.3) is 0 Å². The highest BCUT2D eigenvalue weighted by Gasteiger charge is 2.21. The molecule has 0 aromatic heterocycles. The fraction of sp³-hybridized carbons (Fsp3) is 0.958. The molecule has 0 bridgehead atoms. The van der Waals surface area contributed by atoms with E-state index in [1.165, 1.54) is 64.2 Å². The second-order valence-corrected chi connectivity index (χ2v) is 13.5. The maximum absolute atomic E-state index is 12.3. The van der Waals surface area contributed by atoms with E-state index in [1.54, 1.807) is 0 Å². The summed E-state index contributed by atoms with van der Waals surface area (Å²) in [6.07, 6.45) is 17.8. The zero-order valence-corrected chi connectivity index (χ0v) is 21.5. The highest BCUT2D eigenvalue weighted by atomic mass is 32.2.